The summed E-state index contributed by atoms with van der Waals surface area (Å²) in [6.07, 6.45) is 7.61. The fourth-order valence-electron chi connectivity index (χ4n) is 3.76. The van der Waals surface area contributed by atoms with Gasteiger partial charge >= 0.3 is 6.09 Å². The second kappa shape index (κ2) is 12.6. The molecule has 13 nitrogen and oxygen atoms in total. The lowest BCUT2D eigenvalue weighted by atomic mass is 10.2. The summed E-state index contributed by atoms with van der Waals surface area (Å²) in [4.78, 5) is 21.0. The molecule has 39 heavy (non-hydrogen) atoms. The average Bonchev–Trinajstić information content (AvgIpc) is 3.55. The molecular weight excluding hydrogens is 502 g/mol. The quantitative estimate of drug-likeness (QED) is 0.181. The maximum atomic E-state index is 12.1. The third-order valence-electron chi connectivity index (χ3n) is 5.62. The van der Waals surface area contributed by atoms with E-state index in [1.165, 1.54) is 6.33 Å². The summed E-state index contributed by atoms with van der Waals surface area (Å²) in [6.45, 7) is 9.36. The molecule has 3 N–H and O–H groups in total. The van der Waals surface area contributed by atoms with E-state index in [-0.39, 0.29) is 6.73 Å². The van der Waals surface area contributed by atoms with Crippen molar-refractivity contribution in [2.45, 2.75) is 59.4 Å². The van der Waals surface area contributed by atoms with Crippen LogP contribution < -0.4 is 15.2 Å². The molecule has 0 fully saturated rings. The summed E-state index contributed by atoms with van der Waals surface area (Å²) in [7, 11) is 0. The summed E-state index contributed by atoms with van der Waals surface area (Å²) >= 11 is 0. The number of ether oxygens (including phenoxy) is 2. The lowest BCUT2D eigenvalue weighted by Crippen LogP contribution is -2.33. The van der Waals surface area contributed by atoms with Crippen LogP contribution in [0.1, 0.15) is 44.6 Å². The molecule has 208 valence electrons. The van der Waals surface area contributed by atoms with Crippen LogP contribution in [0.4, 0.5) is 16.4 Å². The lowest BCUT2D eigenvalue weighted by molar-refractivity contribution is -0.730. The SMILES string of the molecule is CCc1cnn2c(NCc3ccc[n+](CO)c3)cc(NCCOCCc3ncn(C(=O)OC(C)(C)C)n3)nc12. The van der Waals surface area contributed by atoms with Crippen LogP contribution in [0.25, 0.3) is 5.65 Å². The van der Waals surface area contributed by atoms with Gasteiger partial charge in [0.2, 0.25) is 6.73 Å². The molecule has 0 bridgehead atoms. The number of rotatable bonds is 12. The third-order valence-corrected chi connectivity index (χ3v) is 5.62. The zero-order valence-corrected chi connectivity index (χ0v) is 22.8. The molecule has 4 aromatic rings. The molecule has 0 amide bonds. The van der Waals surface area contributed by atoms with Gasteiger partial charge in [0.1, 0.15) is 23.6 Å². The van der Waals surface area contributed by atoms with Gasteiger partial charge in [-0.05, 0) is 33.3 Å². The van der Waals surface area contributed by atoms with E-state index in [1.807, 2.05) is 36.8 Å². The minimum absolute atomic E-state index is 0.0751. The van der Waals surface area contributed by atoms with E-state index >= 15 is 0 Å². The number of anilines is 2. The second-order valence-corrected chi connectivity index (χ2v) is 9.88. The molecule has 0 atom stereocenters. The molecule has 0 unspecified atom stereocenters. The molecule has 0 saturated carbocycles. The maximum absolute atomic E-state index is 12.1. The van der Waals surface area contributed by atoms with Crippen LogP contribution in [0.15, 0.2) is 43.1 Å². The first kappa shape index (κ1) is 27.9. The summed E-state index contributed by atoms with van der Waals surface area (Å²) in [6, 6.07) is 5.80. The van der Waals surface area contributed by atoms with Gasteiger partial charge < -0.3 is 25.2 Å². The number of aromatic nitrogens is 7. The molecule has 0 spiro atoms. The average molecular weight is 539 g/mol. The van der Waals surface area contributed by atoms with Gasteiger partial charge in [-0.2, -0.15) is 18.9 Å². The summed E-state index contributed by atoms with van der Waals surface area (Å²) in [5, 5.41) is 24.8. The van der Waals surface area contributed by atoms with Crippen molar-refractivity contribution >= 4 is 23.4 Å². The molecule has 4 aromatic heterocycles. The van der Waals surface area contributed by atoms with E-state index in [2.05, 4.69) is 32.7 Å². The van der Waals surface area contributed by atoms with Gasteiger partial charge in [-0.3, -0.25) is 0 Å². The number of nitrogens with one attached hydrogen (secondary N) is 2. The summed E-state index contributed by atoms with van der Waals surface area (Å²) in [5.74, 6) is 2.02. The Hall–Kier alpha value is -4.10. The van der Waals surface area contributed by atoms with E-state index in [1.54, 1.807) is 29.9 Å². The van der Waals surface area contributed by atoms with Crippen molar-refractivity contribution in [3.63, 3.8) is 0 Å². The molecule has 4 heterocycles. The molecule has 0 aliphatic rings. The standard InChI is InChI=1S/C26H36N9O4/c1-5-20-15-30-35-23(28-14-19-7-6-10-33(16-19)18-36)13-22(31-24(20)35)27-9-12-38-11-8-21-29-17-34(32-21)25(37)39-26(2,3)4/h6-7,10,13,15-17,28,36H,5,8-9,11-12,14,18H2,1-4H3,(H,27,31)/q+1. The molecule has 0 saturated heterocycles. The van der Waals surface area contributed by atoms with Crippen molar-refractivity contribution < 1.29 is 23.9 Å². The number of fused-ring (bicyclic) bond motifs is 1. The van der Waals surface area contributed by atoms with Crippen molar-refractivity contribution in [3.05, 3.63) is 60.1 Å². The van der Waals surface area contributed by atoms with E-state index < -0.39 is 11.7 Å². The van der Waals surface area contributed by atoms with Gasteiger partial charge in [0, 0.05) is 42.8 Å². The first-order valence-electron chi connectivity index (χ1n) is 12.9. The second-order valence-electron chi connectivity index (χ2n) is 9.88. The first-order chi connectivity index (χ1) is 18.8. The van der Waals surface area contributed by atoms with Gasteiger partial charge in [0.05, 0.1) is 19.4 Å². The predicted octanol–water partition coefficient (Wildman–Crippen LogP) is 2.19. The van der Waals surface area contributed by atoms with E-state index in [0.717, 1.165) is 33.7 Å². The Morgan fingerprint density at radius 3 is 2.85 bits per heavy atom. The topological polar surface area (TPSA) is 145 Å². The fourth-order valence-corrected chi connectivity index (χ4v) is 3.76. The highest BCUT2D eigenvalue weighted by molar-refractivity contribution is 5.69. The minimum atomic E-state index is -0.600. The van der Waals surface area contributed by atoms with Crippen LogP contribution in [0, 0.1) is 0 Å². The van der Waals surface area contributed by atoms with Crippen molar-refractivity contribution in [2.24, 2.45) is 0 Å². The summed E-state index contributed by atoms with van der Waals surface area (Å²) < 4.78 is 15.6. The molecule has 0 aliphatic heterocycles. The third kappa shape index (κ3) is 7.71. The number of aliphatic hydroxyl groups is 1. The normalized spacial score (nSPS) is 11.6. The Morgan fingerprint density at radius 2 is 2.08 bits per heavy atom. The molecule has 0 radical (unpaired) electrons. The molecule has 0 aliphatic carbocycles. The Balaban J connectivity index is 1.29. The van der Waals surface area contributed by atoms with Gasteiger partial charge in [0.25, 0.3) is 0 Å². The van der Waals surface area contributed by atoms with Crippen molar-refractivity contribution in [3.8, 4) is 0 Å². The number of hydrogen-bond acceptors (Lipinski definition) is 10. The van der Waals surface area contributed by atoms with Crippen LogP contribution in [-0.4, -0.2) is 65.9 Å². The van der Waals surface area contributed by atoms with Gasteiger partial charge in [-0.1, -0.05) is 6.92 Å². The van der Waals surface area contributed by atoms with Crippen LogP contribution in [0.2, 0.25) is 0 Å². The number of aliphatic hydroxyl groups excluding tert-OH is 1. The van der Waals surface area contributed by atoms with E-state index in [9.17, 15) is 9.90 Å². The number of carbonyl (C=O) groups is 1. The zero-order valence-electron chi connectivity index (χ0n) is 22.8. The smallest absolute Gasteiger partial charge is 0.436 e. The Labute approximate surface area is 226 Å². The van der Waals surface area contributed by atoms with Crippen molar-refractivity contribution in [2.75, 3.05) is 30.4 Å². The monoisotopic (exact) mass is 538 g/mol. The molecule has 13 heteroatoms. The highest BCUT2D eigenvalue weighted by Gasteiger charge is 2.19. The van der Waals surface area contributed by atoms with Crippen LogP contribution >= 0.6 is 0 Å². The Kier molecular flexibility index (Phi) is 9.04. The van der Waals surface area contributed by atoms with Crippen molar-refractivity contribution in [1.29, 1.82) is 0 Å². The largest absolute Gasteiger partial charge is 0.442 e. The highest BCUT2D eigenvalue weighted by Crippen LogP contribution is 2.20. The lowest BCUT2D eigenvalue weighted by Gasteiger charge is -2.18. The zero-order chi connectivity index (χ0) is 27.8. The first-order valence-corrected chi connectivity index (χ1v) is 12.9. The van der Waals surface area contributed by atoms with Crippen LogP contribution in [-0.2, 0) is 35.6 Å². The Bertz CT molecular complexity index is 1390. The molecule has 4 rings (SSSR count). The van der Waals surface area contributed by atoms with Gasteiger partial charge in [-0.25, -0.2) is 14.8 Å². The molecule has 0 aromatic carbocycles. The number of nitrogens with zero attached hydrogens (tertiary/aromatic N) is 7. The number of aryl methyl sites for hydroxylation is 1. The Morgan fingerprint density at radius 1 is 1.23 bits per heavy atom. The number of pyridine rings is 1. The van der Waals surface area contributed by atoms with Gasteiger partial charge in [0.15, 0.2) is 23.9 Å². The van der Waals surface area contributed by atoms with E-state index in [4.69, 9.17) is 14.5 Å². The summed E-state index contributed by atoms with van der Waals surface area (Å²) in [5.41, 5.74) is 2.26. The van der Waals surface area contributed by atoms with E-state index in [0.29, 0.717) is 44.4 Å². The number of hydrogen-bond donors (Lipinski definition) is 3. The minimum Gasteiger partial charge on any atom is -0.442 e. The highest BCUT2D eigenvalue weighted by atomic mass is 16.6. The number of carbonyl (C=O) groups excluding carboxylic acids is 1. The van der Waals surface area contributed by atoms with Crippen LogP contribution in [0.5, 0.6) is 0 Å². The predicted molar refractivity (Wildman–Crippen MR) is 143 cm³/mol. The van der Waals surface area contributed by atoms with Crippen LogP contribution in [0.3, 0.4) is 0 Å². The maximum Gasteiger partial charge on any atom is 0.436 e. The fraction of sp³-hybridized carbons (Fsp3) is 0.462. The molecular formula is C26H36N9O4+. The van der Waals surface area contributed by atoms with Gasteiger partial charge in [-0.15, -0.1) is 5.10 Å². The van der Waals surface area contributed by atoms with Crippen molar-refractivity contribution in [1.82, 2.24) is 29.4 Å².